The van der Waals surface area contributed by atoms with Crippen LogP contribution >= 0.6 is 11.3 Å². The molecule has 1 amide bonds. The molecule has 0 radical (unpaired) electrons. The van der Waals surface area contributed by atoms with E-state index in [2.05, 4.69) is 27.1 Å². The average molecular weight is 382 g/mol. The molecule has 27 heavy (non-hydrogen) atoms. The largest absolute Gasteiger partial charge is 0.390 e. The molecular formula is C19H22N6OS. The predicted octanol–water partition coefficient (Wildman–Crippen LogP) is 2.70. The molecule has 0 aliphatic carbocycles. The highest BCUT2D eigenvalue weighted by molar-refractivity contribution is 7.23. The second-order valence-corrected chi connectivity index (χ2v) is 8.13. The molecule has 7 nitrogen and oxygen atoms in total. The fourth-order valence-corrected chi connectivity index (χ4v) is 4.63. The van der Waals surface area contributed by atoms with Crippen molar-refractivity contribution in [2.75, 3.05) is 29.0 Å². The van der Waals surface area contributed by atoms with Gasteiger partial charge in [0.25, 0.3) is 5.91 Å². The number of anilines is 3. The topological polar surface area (TPSA) is 110 Å². The van der Waals surface area contributed by atoms with Crippen molar-refractivity contribution in [3.8, 4) is 0 Å². The van der Waals surface area contributed by atoms with E-state index in [0.29, 0.717) is 27.7 Å². The number of piperidine rings is 1. The van der Waals surface area contributed by atoms with Crippen molar-refractivity contribution in [3.63, 3.8) is 0 Å². The van der Waals surface area contributed by atoms with Crippen LogP contribution in [0, 0.1) is 5.92 Å². The van der Waals surface area contributed by atoms with E-state index in [0.717, 1.165) is 29.9 Å². The summed E-state index contributed by atoms with van der Waals surface area (Å²) < 4.78 is 0.891. The molecule has 0 aromatic carbocycles. The Labute approximate surface area is 161 Å². The number of hydrogen-bond donors (Lipinski definition) is 3. The number of fused-ring (bicyclic) bond motifs is 1. The Morgan fingerprint density at radius 2 is 2.19 bits per heavy atom. The summed E-state index contributed by atoms with van der Waals surface area (Å²) in [5, 5.41) is 3.43. The van der Waals surface area contributed by atoms with E-state index in [9.17, 15) is 4.79 Å². The first-order valence-corrected chi connectivity index (χ1v) is 9.73. The Kier molecular flexibility index (Phi) is 4.67. The summed E-state index contributed by atoms with van der Waals surface area (Å²) in [5.74, 6) is 0.215. The van der Waals surface area contributed by atoms with Gasteiger partial charge in [-0.1, -0.05) is 6.92 Å². The van der Waals surface area contributed by atoms with Gasteiger partial charge in [-0.2, -0.15) is 0 Å². The van der Waals surface area contributed by atoms with Gasteiger partial charge < -0.3 is 21.7 Å². The molecule has 0 saturated carbocycles. The molecule has 1 aliphatic heterocycles. The molecule has 2 atom stereocenters. The van der Waals surface area contributed by atoms with Crippen LogP contribution in [0.1, 0.15) is 23.7 Å². The third-order valence-corrected chi connectivity index (χ3v) is 5.75. The van der Waals surface area contributed by atoms with E-state index in [4.69, 9.17) is 11.5 Å². The monoisotopic (exact) mass is 382 g/mol. The summed E-state index contributed by atoms with van der Waals surface area (Å²) in [6.07, 6.45) is 6.06. The Morgan fingerprint density at radius 1 is 1.33 bits per heavy atom. The summed E-state index contributed by atoms with van der Waals surface area (Å²) in [5.41, 5.74) is 14.9. The van der Waals surface area contributed by atoms with E-state index >= 15 is 0 Å². The lowest BCUT2D eigenvalue weighted by molar-refractivity contribution is 0.102. The molecule has 4 rings (SSSR count). The number of nitrogens with one attached hydrogen (secondary N) is 1. The van der Waals surface area contributed by atoms with Crippen LogP contribution in [0.3, 0.4) is 0 Å². The zero-order valence-electron chi connectivity index (χ0n) is 15.1. The zero-order chi connectivity index (χ0) is 19.0. The van der Waals surface area contributed by atoms with Crippen LogP contribution in [-0.2, 0) is 0 Å². The molecule has 0 spiro atoms. The number of carbonyl (C=O) groups is 1. The van der Waals surface area contributed by atoms with Crippen molar-refractivity contribution in [2.24, 2.45) is 11.7 Å². The van der Waals surface area contributed by atoms with Gasteiger partial charge in [0.2, 0.25) is 0 Å². The van der Waals surface area contributed by atoms with Crippen LogP contribution in [0.2, 0.25) is 0 Å². The van der Waals surface area contributed by atoms with Crippen LogP contribution in [0.25, 0.3) is 10.2 Å². The van der Waals surface area contributed by atoms with Gasteiger partial charge in [-0.3, -0.25) is 14.8 Å². The highest BCUT2D eigenvalue weighted by atomic mass is 32.1. The summed E-state index contributed by atoms with van der Waals surface area (Å²) in [6.45, 7) is 3.84. The van der Waals surface area contributed by atoms with Crippen molar-refractivity contribution in [3.05, 3.63) is 42.4 Å². The summed E-state index contributed by atoms with van der Waals surface area (Å²) in [6, 6.07) is 5.77. The van der Waals surface area contributed by atoms with Crippen molar-refractivity contribution in [2.45, 2.75) is 19.4 Å². The van der Waals surface area contributed by atoms with Crippen LogP contribution in [0.4, 0.5) is 16.4 Å². The van der Waals surface area contributed by atoms with Gasteiger partial charge in [0.1, 0.15) is 10.6 Å². The third kappa shape index (κ3) is 3.45. The lowest BCUT2D eigenvalue weighted by Crippen LogP contribution is -2.46. The van der Waals surface area contributed by atoms with Gasteiger partial charge in [-0.25, -0.2) is 0 Å². The number of pyridine rings is 2. The fraction of sp³-hybridized carbons (Fsp3) is 0.316. The smallest absolute Gasteiger partial charge is 0.260 e. The number of carbonyl (C=O) groups excluding carboxylic acids is 1. The second-order valence-electron chi connectivity index (χ2n) is 7.04. The third-order valence-electron chi connectivity index (χ3n) is 4.78. The minimum absolute atomic E-state index is 0.117. The Bertz CT molecular complexity index is 977. The molecule has 5 N–H and O–H groups in total. The summed E-state index contributed by atoms with van der Waals surface area (Å²) >= 11 is 1.36. The van der Waals surface area contributed by atoms with Crippen molar-refractivity contribution in [1.29, 1.82) is 0 Å². The number of amides is 1. The Morgan fingerprint density at radius 3 is 3.00 bits per heavy atom. The molecule has 3 aromatic heterocycles. The molecule has 1 aliphatic rings. The fourth-order valence-electron chi connectivity index (χ4n) is 3.71. The number of rotatable bonds is 3. The van der Waals surface area contributed by atoms with Gasteiger partial charge in [-0.15, -0.1) is 11.3 Å². The van der Waals surface area contributed by atoms with Gasteiger partial charge in [0.15, 0.2) is 0 Å². The van der Waals surface area contributed by atoms with Gasteiger partial charge in [-0.05, 0) is 30.5 Å². The van der Waals surface area contributed by atoms with E-state index in [1.54, 1.807) is 18.6 Å². The number of thiophene rings is 1. The highest BCUT2D eigenvalue weighted by Gasteiger charge is 2.25. The van der Waals surface area contributed by atoms with Gasteiger partial charge in [0, 0.05) is 31.5 Å². The quantitative estimate of drug-likeness (QED) is 0.642. The summed E-state index contributed by atoms with van der Waals surface area (Å²) in [7, 11) is 0. The number of nitrogens with zero attached hydrogens (tertiary/aromatic N) is 3. The van der Waals surface area contributed by atoms with Crippen molar-refractivity contribution < 1.29 is 4.79 Å². The van der Waals surface area contributed by atoms with E-state index in [1.807, 2.05) is 18.2 Å². The van der Waals surface area contributed by atoms with Crippen LogP contribution in [0.5, 0.6) is 0 Å². The van der Waals surface area contributed by atoms with Gasteiger partial charge >= 0.3 is 0 Å². The molecule has 140 valence electrons. The molecule has 0 bridgehead atoms. The maximum Gasteiger partial charge on any atom is 0.260 e. The zero-order valence-corrected chi connectivity index (χ0v) is 15.9. The van der Waals surface area contributed by atoms with Crippen LogP contribution in [0.15, 0.2) is 36.8 Å². The molecule has 8 heteroatoms. The van der Waals surface area contributed by atoms with Crippen LogP contribution < -0.4 is 21.7 Å². The van der Waals surface area contributed by atoms with Gasteiger partial charge in [0.05, 0.1) is 27.8 Å². The summed E-state index contributed by atoms with van der Waals surface area (Å²) in [4.78, 5) is 23.7. The maximum absolute atomic E-state index is 13.0. The first kappa shape index (κ1) is 17.7. The number of nitrogens with two attached hydrogens (primary N) is 2. The SMILES string of the molecule is C[C@@H]1C[C@H](N)CN(c2ccncc2NC(=O)c2c(N)sc3cccnc23)C1. The normalized spacial score (nSPS) is 20.0. The first-order valence-electron chi connectivity index (χ1n) is 8.92. The molecule has 1 saturated heterocycles. The molecule has 3 aromatic rings. The molecule has 0 unspecified atom stereocenters. The number of hydrogen-bond acceptors (Lipinski definition) is 7. The molecular weight excluding hydrogens is 360 g/mol. The maximum atomic E-state index is 13.0. The van der Waals surface area contributed by atoms with E-state index < -0.39 is 0 Å². The lowest BCUT2D eigenvalue weighted by Gasteiger charge is -2.37. The Hall–Kier alpha value is -2.71. The second kappa shape index (κ2) is 7.13. The molecule has 4 heterocycles. The first-order chi connectivity index (χ1) is 13.0. The Balaban J connectivity index is 1.65. The minimum atomic E-state index is -0.277. The van der Waals surface area contributed by atoms with Crippen molar-refractivity contribution >= 4 is 43.8 Å². The van der Waals surface area contributed by atoms with Crippen LogP contribution in [-0.4, -0.2) is 35.0 Å². The standard InChI is InChI=1S/C19H22N6OS/c1-11-7-12(20)10-25(9-11)14-4-6-22-8-13(14)24-19(26)16-17-15(27-18(16)21)3-2-5-23-17/h2-6,8,11-12H,7,9-10,20-21H2,1H3,(H,24,26)/t11-,12+/m1/s1. The average Bonchev–Trinajstić information content (AvgIpc) is 2.97. The number of aromatic nitrogens is 2. The highest BCUT2D eigenvalue weighted by Crippen LogP contribution is 2.34. The minimum Gasteiger partial charge on any atom is -0.390 e. The lowest BCUT2D eigenvalue weighted by atomic mass is 9.96. The molecule has 1 fully saturated rings. The van der Waals surface area contributed by atoms with E-state index in [-0.39, 0.29) is 11.9 Å². The van der Waals surface area contributed by atoms with E-state index in [1.165, 1.54) is 11.3 Å². The van der Waals surface area contributed by atoms with Crippen molar-refractivity contribution in [1.82, 2.24) is 9.97 Å². The predicted molar refractivity (Wildman–Crippen MR) is 110 cm³/mol. The number of nitrogen functional groups attached to an aromatic ring is 1.